The highest BCUT2D eigenvalue weighted by molar-refractivity contribution is 9.10. The van der Waals surface area contributed by atoms with Crippen molar-refractivity contribution in [1.29, 1.82) is 0 Å². The zero-order valence-electron chi connectivity index (χ0n) is 11.8. The summed E-state index contributed by atoms with van der Waals surface area (Å²) >= 11 is 3.11. The third kappa shape index (κ3) is 2.16. The second kappa shape index (κ2) is 5.01. The molecular formula is C15H12BrFN4O. The topological polar surface area (TPSA) is 52.3 Å². The molecule has 3 aromatic rings. The van der Waals surface area contributed by atoms with E-state index in [-0.39, 0.29) is 4.60 Å². The van der Waals surface area contributed by atoms with E-state index in [9.17, 15) is 4.39 Å². The lowest BCUT2D eigenvalue weighted by atomic mass is 10.2. The van der Waals surface area contributed by atoms with E-state index in [1.165, 1.54) is 6.07 Å². The van der Waals surface area contributed by atoms with E-state index in [4.69, 9.17) is 9.72 Å². The SMILES string of the molecule is COc1cn2ncc(-c3ccc(F)c(Br)n3)c2nc1C1CC1. The van der Waals surface area contributed by atoms with Crippen LogP contribution in [0.25, 0.3) is 16.9 Å². The summed E-state index contributed by atoms with van der Waals surface area (Å²) in [6.07, 6.45) is 5.77. The van der Waals surface area contributed by atoms with Gasteiger partial charge in [0.1, 0.15) is 4.60 Å². The van der Waals surface area contributed by atoms with Crippen molar-refractivity contribution in [3.8, 4) is 17.0 Å². The summed E-state index contributed by atoms with van der Waals surface area (Å²) in [7, 11) is 1.64. The third-order valence-electron chi connectivity index (χ3n) is 3.75. The van der Waals surface area contributed by atoms with Crippen LogP contribution in [0.15, 0.2) is 29.1 Å². The van der Waals surface area contributed by atoms with Crippen LogP contribution in [0.2, 0.25) is 0 Å². The van der Waals surface area contributed by atoms with Crippen molar-refractivity contribution in [3.63, 3.8) is 0 Å². The van der Waals surface area contributed by atoms with Gasteiger partial charge in [-0.05, 0) is 40.9 Å². The summed E-state index contributed by atoms with van der Waals surface area (Å²) in [5, 5.41) is 4.30. The van der Waals surface area contributed by atoms with Gasteiger partial charge in [-0.2, -0.15) is 5.10 Å². The van der Waals surface area contributed by atoms with Crippen LogP contribution < -0.4 is 4.74 Å². The molecule has 0 aliphatic heterocycles. The maximum absolute atomic E-state index is 13.4. The number of pyridine rings is 1. The Hall–Kier alpha value is -2.02. The maximum Gasteiger partial charge on any atom is 0.164 e. The molecule has 0 radical (unpaired) electrons. The number of halogens is 2. The van der Waals surface area contributed by atoms with Crippen LogP contribution in [-0.2, 0) is 0 Å². The Balaban J connectivity index is 1.91. The van der Waals surface area contributed by atoms with Gasteiger partial charge in [-0.25, -0.2) is 18.9 Å². The Kier molecular flexibility index (Phi) is 3.11. The Morgan fingerprint density at radius 3 is 2.82 bits per heavy atom. The minimum absolute atomic E-state index is 0.181. The minimum Gasteiger partial charge on any atom is -0.493 e. The summed E-state index contributed by atoms with van der Waals surface area (Å²) in [6.45, 7) is 0. The first-order valence-corrected chi connectivity index (χ1v) is 7.71. The zero-order chi connectivity index (χ0) is 15.3. The Morgan fingerprint density at radius 1 is 1.32 bits per heavy atom. The van der Waals surface area contributed by atoms with Gasteiger partial charge in [-0.15, -0.1) is 0 Å². The fraction of sp³-hybridized carbons (Fsp3) is 0.267. The van der Waals surface area contributed by atoms with Gasteiger partial charge in [0.05, 0.1) is 36.5 Å². The molecule has 112 valence electrons. The van der Waals surface area contributed by atoms with Crippen molar-refractivity contribution in [2.45, 2.75) is 18.8 Å². The molecule has 3 aromatic heterocycles. The van der Waals surface area contributed by atoms with Gasteiger partial charge in [0.15, 0.2) is 17.2 Å². The van der Waals surface area contributed by atoms with E-state index in [0.717, 1.165) is 29.8 Å². The molecule has 5 nitrogen and oxygen atoms in total. The number of rotatable bonds is 3. The predicted octanol–water partition coefficient (Wildman–Crippen LogP) is 3.58. The van der Waals surface area contributed by atoms with Crippen molar-refractivity contribution < 1.29 is 9.13 Å². The van der Waals surface area contributed by atoms with Gasteiger partial charge in [-0.1, -0.05) is 0 Å². The monoisotopic (exact) mass is 362 g/mol. The summed E-state index contributed by atoms with van der Waals surface area (Å²) in [4.78, 5) is 8.94. The minimum atomic E-state index is -0.395. The van der Waals surface area contributed by atoms with E-state index >= 15 is 0 Å². The lowest BCUT2D eigenvalue weighted by molar-refractivity contribution is 0.403. The van der Waals surface area contributed by atoms with Crippen LogP contribution in [0.4, 0.5) is 4.39 Å². The molecular weight excluding hydrogens is 351 g/mol. The molecule has 3 heterocycles. The summed E-state index contributed by atoms with van der Waals surface area (Å²) < 4.78 is 20.6. The van der Waals surface area contributed by atoms with Crippen molar-refractivity contribution in [3.05, 3.63) is 40.6 Å². The highest BCUT2D eigenvalue weighted by atomic mass is 79.9. The maximum atomic E-state index is 13.4. The van der Waals surface area contributed by atoms with Gasteiger partial charge in [-0.3, -0.25) is 0 Å². The number of hydrogen-bond donors (Lipinski definition) is 0. The van der Waals surface area contributed by atoms with E-state index in [1.54, 1.807) is 23.9 Å². The van der Waals surface area contributed by atoms with Crippen LogP contribution in [-0.4, -0.2) is 26.7 Å². The van der Waals surface area contributed by atoms with Crippen LogP contribution in [0.1, 0.15) is 24.5 Å². The van der Waals surface area contributed by atoms with E-state index < -0.39 is 5.82 Å². The largest absolute Gasteiger partial charge is 0.493 e. The normalized spacial score (nSPS) is 14.5. The molecule has 22 heavy (non-hydrogen) atoms. The van der Waals surface area contributed by atoms with Crippen molar-refractivity contribution in [1.82, 2.24) is 19.6 Å². The van der Waals surface area contributed by atoms with Crippen LogP contribution in [0.3, 0.4) is 0 Å². The second-order valence-electron chi connectivity index (χ2n) is 5.26. The standard InChI is InChI=1S/C15H12BrFN4O/c1-22-12-7-21-15(20-13(12)8-2-3-8)9(6-18-21)11-5-4-10(17)14(16)19-11/h4-8H,2-3H2,1H3. The molecule has 0 amide bonds. The fourth-order valence-corrected chi connectivity index (χ4v) is 2.79. The molecule has 1 fully saturated rings. The Labute approximate surface area is 134 Å². The first-order valence-electron chi connectivity index (χ1n) is 6.92. The average Bonchev–Trinajstić information content (AvgIpc) is 3.29. The number of fused-ring (bicyclic) bond motifs is 1. The van der Waals surface area contributed by atoms with Crippen LogP contribution >= 0.6 is 15.9 Å². The molecule has 0 aromatic carbocycles. The molecule has 1 aliphatic rings. The molecule has 1 aliphatic carbocycles. The van der Waals surface area contributed by atoms with Crippen LogP contribution in [0, 0.1) is 5.82 Å². The van der Waals surface area contributed by atoms with Gasteiger partial charge < -0.3 is 4.74 Å². The summed E-state index contributed by atoms with van der Waals surface area (Å²) in [5.41, 5.74) is 3.06. The molecule has 0 bridgehead atoms. The van der Waals surface area contributed by atoms with E-state index in [1.807, 2.05) is 6.20 Å². The second-order valence-corrected chi connectivity index (χ2v) is 6.02. The van der Waals surface area contributed by atoms with Gasteiger partial charge >= 0.3 is 0 Å². The molecule has 0 atom stereocenters. The quantitative estimate of drug-likeness (QED) is 0.668. The number of methoxy groups -OCH3 is 1. The lowest BCUT2D eigenvalue weighted by Crippen LogP contribution is -2.00. The lowest BCUT2D eigenvalue weighted by Gasteiger charge is -2.08. The Morgan fingerprint density at radius 2 is 2.14 bits per heavy atom. The third-order valence-corrected chi connectivity index (χ3v) is 4.31. The molecule has 0 spiro atoms. The van der Waals surface area contributed by atoms with E-state index in [2.05, 4.69) is 26.0 Å². The molecule has 4 rings (SSSR count). The molecule has 7 heteroatoms. The molecule has 0 saturated heterocycles. The Bertz CT molecular complexity index is 875. The summed E-state index contributed by atoms with van der Waals surface area (Å²) in [5.74, 6) is 0.807. The van der Waals surface area contributed by atoms with Crippen molar-refractivity contribution in [2.24, 2.45) is 0 Å². The van der Waals surface area contributed by atoms with Gasteiger partial charge in [0.2, 0.25) is 0 Å². The van der Waals surface area contributed by atoms with E-state index in [0.29, 0.717) is 17.3 Å². The number of nitrogens with zero attached hydrogens (tertiary/aromatic N) is 4. The highest BCUT2D eigenvalue weighted by Gasteiger charge is 2.29. The molecule has 0 unspecified atom stereocenters. The first kappa shape index (κ1) is 13.6. The molecule has 1 saturated carbocycles. The smallest absolute Gasteiger partial charge is 0.164 e. The number of hydrogen-bond acceptors (Lipinski definition) is 4. The first-order chi connectivity index (χ1) is 10.7. The van der Waals surface area contributed by atoms with Gasteiger partial charge in [0, 0.05) is 5.92 Å². The fourth-order valence-electron chi connectivity index (χ4n) is 2.46. The number of ether oxygens (including phenoxy) is 1. The zero-order valence-corrected chi connectivity index (χ0v) is 13.3. The highest BCUT2D eigenvalue weighted by Crippen LogP contribution is 2.43. The average molecular weight is 363 g/mol. The van der Waals surface area contributed by atoms with Gasteiger partial charge in [0.25, 0.3) is 0 Å². The van der Waals surface area contributed by atoms with Crippen molar-refractivity contribution >= 4 is 21.6 Å². The van der Waals surface area contributed by atoms with Crippen molar-refractivity contribution in [2.75, 3.05) is 7.11 Å². The van der Waals surface area contributed by atoms with Crippen LogP contribution in [0.5, 0.6) is 5.75 Å². The summed E-state index contributed by atoms with van der Waals surface area (Å²) in [6, 6.07) is 3.00. The predicted molar refractivity (Wildman–Crippen MR) is 82.4 cm³/mol. The number of aromatic nitrogens is 4. The molecule has 0 N–H and O–H groups in total.